The van der Waals surface area contributed by atoms with Crippen molar-refractivity contribution in [1.29, 1.82) is 0 Å². The van der Waals surface area contributed by atoms with Crippen molar-refractivity contribution in [3.8, 4) is 0 Å². The minimum atomic E-state index is -3.48. The maximum atomic E-state index is 12.0. The number of hydrogen-bond acceptors (Lipinski definition) is 5. The van der Waals surface area contributed by atoms with Crippen LogP contribution in [0.2, 0.25) is 0 Å². The average molecular weight is 267 g/mol. The monoisotopic (exact) mass is 267 g/mol. The highest BCUT2D eigenvalue weighted by atomic mass is 32.2. The van der Waals surface area contributed by atoms with Gasteiger partial charge in [0.05, 0.1) is 4.90 Å². The molecular weight excluding hydrogens is 254 g/mol. The summed E-state index contributed by atoms with van der Waals surface area (Å²) in [5.41, 5.74) is 0.713. The molecule has 0 aliphatic heterocycles. The second kappa shape index (κ2) is 5.28. The molecule has 0 radical (unpaired) electrons. The van der Waals surface area contributed by atoms with Gasteiger partial charge >= 0.3 is 0 Å². The summed E-state index contributed by atoms with van der Waals surface area (Å²) in [6.45, 7) is 1.99. The van der Waals surface area contributed by atoms with Crippen molar-refractivity contribution < 1.29 is 12.9 Å². The van der Waals surface area contributed by atoms with Crippen LogP contribution in [0.3, 0.4) is 0 Å². The smallest absolute Gasteiger partial charge is 0.240 e. The van der Waals surface area contributed by atoms with E-state index in [2.05, 4.69) is 19.4 Å². The van der Waals surface area contributed by atoms with Crippen molar-refractivity contribution in [3.05, 3.63) is 42.0 Å². The molecule has 0 bridgehead atoms. The Morgan fingerprint density at radius 2 is 2.11 bits per heavy atom. The molecule has 0 aliphatic rings. The molecule has 7 heteroatoms. The minimum absolute atomic E-state index is 0.232. The zero-order valence-corrected chi connectivity index (χ0v) is 10.6. The number of rotatable bonds is 5. The quantitative estimate of drug-likeness (QED) is 0.870. The topological polar surface area (TPSA) is 85.1 Å². The van der Waals surface area contributed by atoms with Gasteiger partial charge in [-0.05, 0) is 18.6 Å². The molecule has 96 valence electrons. The molecular formula is C11H13N3O3S. The predicted molar refractivity (Wildman–Crippen MR) is 64.4 cm³/mol. The first kappa shape index (κ1) is 12.7. The van der Waals surface area contributed by atoms with E-state index in [4.69, 9.17) is 0 Å². The Hall–Kier alpha value is -1.73. The maximum Gasteiger partial charge on any atom is 0.240 e. The summed E-state index contributed by atoms with van der Waals surface area (Å²) in [5, 5.41) is 3.61. The van der Waals surface area contributed by atoms with Crippen LogP contribution in [0, 0.1) is 6.92 Å². The summed E-state index contributed by atoms with van der Waals surface area (Å²) in [6, 6.07) is 6.83. The van der Waals surface area contributed by atoms with Crippen LogP contribution in [0.15, 0.2) is 40.1 Å². The van der Waals surface area contributed by atoms with Crippen LogP contribution < -0.4 is 4.72 Å². The van der Waals surface area contributed by atoms with Crippen molar-refractivity contribution in [2.24, 2.45) is 0 Å². The lowest BCUT2D eigenvalue weighted by atomic mass is 10.2. The summed E-state index contributed by atoms with van der Waals surface area (Å²) < 4.78 is 31.1. The van der Waals surface area contributed by atoms with Gasteiger partial charge in [-0.25, -0.2) is 13.1 Å². The predicted octanol–water partition coefficient (Wildman–Crippen LogP) is 0.899. The molecule has 1 aromatic heterocycles. The molecule has 0 saturated heterocycles. The molecule has 6 nitrogen and oxygen atoms in total. The average Bonchev–Trinajstić information content (AvgIpc) is 2.82. The third-order valence-electron chi connectivity index (χ3n) is 2.43. The van der Waals surface area contributed by atoms with Crippen LogP contribution in [0.1, 0.15) is 11.4 Å². The number of nitrogens with zero attached hydrogens (tertiary/aromatic N) is 2. The number of aromatic nitrogens is 2. The Morgan fingerprint density at radius 3 is 2.78 bits per heavy atom. The number of sulfonamides is 1. The number of aryl methyl sites for hydroxylation is 1. The van der Waals surface area contributed by atoms with Crippen LogP contribution in [-0.2, 0) is 16.4 Å². The second-order valence-corrected chi connectivity index (χ2v) is 5.50. The van der Waals surface area contributed by atoms with E-state index in [-0.39, 0.29) is 11.4 Å². The molecule has 0 unspecified atom stereocenters. The van der Waals surface area contributed by atoms with Gasteiger partial charge in [0.25, 0.3) is 0 Å². The van der Waals surface area contributed by atoms with Crippen LogP contribution >= 0.6 is 0 Å². The standard InChI is InChI=1S/C11H13N3O3S/c1-9-4-2-3-5-10(9)18(15,16)13-7-6-11-12-8-17-14-11/h2-5,8,13H,6-7H2,1H3. The maximum absolute atomic E-state index is 12.0. The van der Waals surface area contributed by atoms with Crippen LogP contribution in [0.25, 0.3) is 0 Å². The molecule has 2 aromatic rings. The van der Waals surface area contributed by atoms with Gasteiger partial charge in [-0.15, -0.1) is 0 Å². The Kier molecular flexibility index (Phi) is 3.73. The first-order chi connectivity index (χ1) is 8.59. The summed E-state index contributed by atoms with van der Waals surface area (Å²) in [6.07, 6.45) is 1.60. The third kappa shape index (κ3) is 2.93. The molecule has 1 N–H and O–H groups in total. The van der Waals surface area contributed by atoms with Crippen molar-refractivity contribution in [2.75, 3.05) is 6.54 Å². The highest BCUT2D eigenvalue weighted by Crippen LogP contribution is 2.13. The fourth-order valence-electron chi connectivity index (χ4n) is 1.54. The summed E-state index contributed by atoms with van der Waals surface area (Å²) in [7, 11) is -3.48. The van der Waals surface area contributed by atoms with E-state index in [1.807, 2.05) is 0 Å². The SMILES string of the molecule is Cc1ccccc1S(=O)(=O)NCCc1ncon1. The van der Waals surface area contributed by atoms with Crippen molar-refractivity contribution in [2.45, 2.75) is 18.2 Å². The Labute approximate surface area is 105 Å². The lowest BCUT2D eigenvalue weighted by molar-refractivity contribution is 0.410. The number of benzene rings is 1. The van der Waals surface area contributed by atoms with Crippen LogP contribution in [0.5, 0.6) is 0 Å². The zero-order valence-electron chi connectivity index (χ0n) is 9.83. The third-order valence-corrected chi connectivity index (χ3v) is 4.05. The van der Waals surface area contributed by atoms with E-state index in [0.717, 1.165) is 0 Å². The van der Waals surface area contributed by atoms with E-state index in [1.165, 1.54) is 6.39 Å². The Morgan fingerprint density at radius 1 is 1.33 bits per heavy atom. The molecule has 1 aromatic carbocycles. The summed E-state index contributed by atoms with van der Waals surface area (Å²) in [5.74, 6) is 0.475. The fourth-order valence-corrected chi connectivity index (χ4v) is 2.81. The van der Waals surface area contributed by atoms with Crippen LogP contribution in [0.4, 0.5) is 0 Å². The van der Waals surface area contributed by atoms with E-state index < -0.39 is 10.0 Å². The number of nitrogens with one attached hydrogen (secondary N) is 1. The van der Waals surface area contributed by atoms with Gasteiger partial charge in [0.1, 0.15) is 0 Å². The van der Waals surface area contributed by atoms with Gasteiger partial charge in [-0.1, -0.05) is 23.4 Å². The fraction of sp³-hybridized carbons (Fsp3) is 0.273. The first-order valence-electron chi connectivity index (χ1n) is 5.40. The summed E-state index contributed by atoms with van der Waals surface area (Å²) >= 11 is 0. The lowest BCUT2D eigenvalue weighted by Crippen LogP contribution is -2.26. The van der Waals surface area contributed by atoms with E-state index >= 15 is 0 Å². The highest BCUT2D eigenvalue weighted by molar-refractivity contribution is 7.89. The molecule has 0 spiro atoms. The molecule has 1 heterocycles. The van der Waals surface area contributed by atoms with Gasteiger partial charge in [-0.3, -0.25) is 0 Å². The van der Waals surface area contributed by atoms with Gasteiger partial charge in [0.15, 0.2) is 5.82 Å². The van der Waals surface area contributed by atoms with Gasteiger partial charge in [0.2, 0.25) is 16.4 Å². The summed E-state index contributed by atoms with van der Waals surface area (Å²) in [4.78, 5) is 4.10. The zero-order chi connectivity index (χ0) is 13.0. The van der Waals surface area contributed by atoms with Crippen molar-refractivity contribution >= 4 is 10.0 Å². The normalized spacial score (nSPS) is 11.6. The molecule has 0 saturated carbocycles. The van der Waals surface area contributed by atoms with E-state index in [1.54, 1.807) is 31.2 Å². The molecule has 18 heavy (non-hydrogen) atoms. The van der Waals surface area contributed by atoms with Gasteiger partial charge in [-0.2, -0.15) is 4.98 Å². The molecule has 0 aliphatic carbocycles. The van der Waals surface area contributed by atoms with Crippen molar-refractivity contribution in [1.82, 2.24) is 14.9 Å². The molecule has 0 fully saturated rings. The largest absolute Gasteiger partial charge is 0.343 e. The Balaban J connectivity index is 2.02. The second-order valence-electron chi connectivity index (χ2n) is 3.76. The van der Waals surface area contributed by atoms with E-state index in [9.17, 15) is 8.42 Å². The molecule has 0 atom stereocenters. The van der Waals surface area contributed by atoms with Crippen molar-refractivity contribution in [3.63, 3.8) is 0 Å². The Bertz CT molecular complexity index is 608. The minimum Gasteiger partial charge on any atom is -0.343 e. The van der Waals surface area contributed by atoms with Gasteiger partial charge in [0, 0.05) is 13.0 Å². The highest BCUT2D eigenvalue weighted by Gasteiger charge is 2.15. The first-order valence-corrected chi connectivity index (χ1v) is 6.88. The molecule has 0 amide bonds. The van der Waals surface area contributed by atoms with E-state index in [0.29, 0.717) is 17.8 Å². The lowest BCUT2D eigenvalue weighted by Gasteiger charge is -2.07. The van der Waals surface area contributed by atoms with Gasteiger partial charge < -0.3 is 4.52 Å². The number of hydrogen-bond donors (Lipinski definition) is 1. The van der Waals surface area contributed by atoms with Crippen LogP contribution in [-0.4, -0.2) is 25.1 Å². The molecule has 2 rings (SSSR count).